The van der Waals surface area contributed by atoms with Crippen molar-refractivity contribution in [1.82, 2.24) is 4.90 Å². The standard InChI is InChI=1S/C26H21BrN2O7S2/c1-16(30)28-20-8-10-21(11-9-20)38(33,34)36-23-13-18(5-12-22(23)35-2)14-24-25(31)29(26(32)37-24)15-17-3-6-19(27)7-4-17/h3-14H,15H2,1-2H3,(H,28,30)/b24-14-. The largest absolute Gasteiger partial charge is 0.493 e. The molecule has 0 radical (unpaired) electrons. The number of thioether (sulfide) groups is 1. The molecule has 3 aromatic carbocycles. The molecule has 1 N–H and O–H groups in total. The lowest BCUT2D eigenvalue weighted by molar-refractivity contribution is -0.123. The number of carbonyl (C=O) groups excluding carboxylic acids is 3. The summed E-state index contributed by atoms with van der Waals surface area (Å²) in [7, 11) is -2.89. The maximum Gasteiger partial charge on any atom is 0.339 e. The molecule has 0 bridgehead atoms. The molecule has 38 heavy (non-hydrogen) atoms. The highest BCUT2D eigenvalue weighted by Crippen LogP contribution is 2.36. The van der Waals surface area contributed by atoms with Crippen LogP contribution in [-0.4, -0.2) is 37.5 Å². The van der Waals surface area contributed by atoms with Crippen molar-refractivity contribution < 1.29 is 31.7 Å². The van der Waals surface area contributed by atoms with Gasteiger partial charge in [0.15, 0.2) is 11.5 Å². The number of nitrogens with zero attached hydrogens (tertiary/aromatic N) is 1. The van der Waals surface area contributed by atoms with E-state index in [1.54, 1.807) is 6.07 Å². The predicted molar refractivity (Wildman–Crippen MR) is 147 cm³/mol. The van der Waals surface area contributed by atoms with Crippen molar-refractivity contribution >= 4 is 66.6 Å². The monoisotopic (exact) mass is 616 g/mol. The second-order valence-electron chi connectivity index (χ2n) is 8.05. The molecule has 0 aliphatic carbocycles. The number of halogens is 1. The molecule has 1 fully saturated rings. The number of anilines is 1. The Morgan fingerprint density at radius 2 is 1.71 bits per heavy atom. The van der Waals surface area contributed by atoms with Crippen LogP contribution in [0.25, 0.3) is 6.08 Å². The maximum absolute atomic E-state index is 12.9. The van der Waals surface area contributed by atoms with Gasteiger partial charge in [-0.05, 0) is 77.5 Å². The van der Waals surface area contributed by atoms with Crippen LogP contribution in [0.3, 0.4) is 0 Å². The van der Waals surface area contributed by atoms with Crippen molar-refractivity contribution in [3.8, 4) is 11.5 Å². The third-order valence-electron chi connectivity index (χ3n) is 5.28. The summed E-state index contributed by atoms with van der Waals surface area (Å²) in [6.45, 7) is 1.47. The van der Waals surface area contributed by atoms with E-state index < -0.39 is 21.3 Å². The molecule has 12 heteroatoms. The number of nitrogens with one attached hydrogen (secondary N) is 1. The molecule has 0 unspecified atom stereocenters. The molecular formula is C26H21BrN2O7S2. The predicted octanol–water partition coefficient (Wildman–Crippen LogP) is 5.42. The van der Waals surface area contributed by atoms with Gasteiger partial charge >= 0.3 is 10.1 Å². The van der Waals surface area contributed by atoms with Gasteiger partial charge in [-0.2, -0.15) is 8.42 Å². The first-order chi connectivity index (χ1) is 18.1. The average Bonchev–Trinajstić information content (AvgIpc) is 3.12. The number of imide groups is 1. The molecule has 3 amide bonds. The molecule has 1 saturated heterocycles. The molecule has 196 valence electrons. The van der Waals surface area contributed by atoms with Crippen LogP contribution in [0, 0.1) is 0 Å². The molecule has 1 aliphatic rings. The van der Waals surface area contributed by atoms with Crippen molar-refractivity contribution in [3.05, 3.63) is 87.2 Å². The van der Waals surface area contributed by atoms with Crippen LogP contribution >= 0.6 is 27.7 Å². The van der Waals surface area contributed by atoms with Crippen LogP contribution in [0.2, 0.25) is 0 Å². The lowest BCUT2D eigenvalue weighted by Gasteiger charge is -2.13. The number of amides is 3. The molecule has 0 spiro atoms. The van der Waals surface area contributed by atoms with E-state index in [1.807, 2.05) is 24.3 Å². The fraction of sp³-hybridized carbons (Fsp3) is 0.115. The van der Waals surface area contributed by atoms with E-state index in [0.29, 0.717) is 11.3 Å². The third kappa shape index (κ3) is 6.44. The van der Waals surface area contributed by atoms with Gasteiger partial charge in [-0.15, -0.1) is 0 Å². The molecule has 1 heterocycles. The van der Waals surface area contributed by atoms with Crippen LogP contribution in [-0.2, 0) is 26.3 Å². The molecule has 9 nitrogen and oxygen atoms in total. The SMILES string of the molecule is COc1ccc(/C=C2\SC(=O)N(Cc3ccc(Br)cc3)C2=O)cc1OS(=O)(=O)c1ccc(NC(C)=O)cc1. The number of benzene rings is 3. The normalized spacial score (nSPS) is 14.6. The number of methoxy groups -OCH3 is 1. The highest BCUT2D eigenvalue weighted by molar-refractivity contribution is 9.10. The van der Waals surface area contributed by atoms with E-state index >= 15 is 0 Å². The summed E-state index contributed by atoms with van der Waals surface area (Å²) in [5.74, 6) is -0.678. The summed E-state index contributed by atoms with van der Waals surface area (Å²) in [6, 6.07) is 17.3. The van der Waals surface area contributed by atoms with Gasteiger partial charge in [-0.3, -0.25) is 19.3 Å². The van der Waals surface area contributed by atoms with Crippen LogP contribution in [0.4, 0.5) is 10.5 Å². The maximum atomic E-state index is 12.9. The Kier molecular flexibility index (Phi) is 8.24. The van der Waals surface area contributed by atoms with E-state index in [0.717, 1.165) is 26.7 Å². The van der Waals surface area contributed by atoms with E-state index in [9.17, 15) is 22.8 Å². The zero-order valence-electron chi connectivity index (χ0n) is 20.1. The minimum Gasteiger partial charge on any atom is -0.493 e. The van der Waals surface area contributed by atoms with Gasteiger partial charge in [0.05, 0.1) is 18.6 Å². The first kappa shape index (κ1) is 27.4. The minimum atomic E-state index is -4.25. The Morgan fingerprint density at radius 3 is 2.34 bits per heavy atom. The summed E-state index contributed by atoms with van der Waals surface area (Å²) in [4.78, 5) is 37.9. The first-order valence-corrected chi connectivity index (χ1v) is 14.1. The number of ether oxygens (including phenoxy) is 1. The number of carbonyl (C=O) groups is 3. The van der Waals surface area contributed by atoms with E-state index in [1.165, 1.54) is 56.5 Å². The van der Waals surface area contributed by atoms with Crippen molar-refractivity contribution in [2.45, 2.75) is 18.4 Å². The Bertz CT molecular complexity index is 1540. The van der Waals surface area contributed by atoms with Crippen LogP contribution in [0.15, 0.2) is 81.0 Å². The van der Waals surface area contributed by atoms with Gasteiger partial charge in [-0.1, -0.05) is 34.1 Å². The van der Waals surface area contributed by atoms with Crippen LogP contribution in [0.1, 0.15) is 18.1 Å². The topological polar surface area (TPSA) is 119 Å². The smallest absolute Gasteiger partial charge is 0.339 e. The third-order valence-corrected chi connectivity index (χ3v) is 7.96. The molecule has 3 aromatic rings. The highest BCUT2D eigenvalue weighted by Gasteiger charge is 2.35. The summed E-state index contributed by atoms with van der Waals surface area (Å²) in [5.41, 5.74) is 1.67. The molecule has 0 saturated carbocycles. The van der Waals surface area contributed by atoms with Crippen molar-refractivity contribution in [2.75, 3.05) is 12.4 Å². The average molecular weight is 617 g/mol. The van der Waals surface area contributed by atoms with Gasteiger partial charge in [0, 0.05) is 17.1 Å². The van der Waals surface area contributed by atoms with Gasteiger partial charge < -0.3 is 14.2 Å². The Balaban J connectivity index is 1.56. The van der Waals surface area contributed by atoms with Gasteiger partial charge in [-0.25, -0.2) is 0 Å². The van der Waals surface area contributed by atoms with Crippen molar-refractivity contribution in [2.24, 2.45) is 0 Å². The summed E-state index contributed by atoms with van der Waals surface area (Å²) >= 11 is 4.15. The summed E-state index contributed by atoms with van der Waals surface area (Å²) < 4.78 is 37.3. The Labute approximate surface area is 232 Å². The van der Waals surface area contributed by atoms with Gasteiger partial charge in [0.2, 0.25) is 5.91 Å². The molecule has 0 aromatic heterocycles. The van der Waals surface area contributed by atoms with E-state index in [2.05, 4.69) is 21.2 Å². The second kappa shape index (κ2) is 11.4. The molecule has 4 rings (SSSR count). The fourth-order valence-electron chi connectivity index (χ4n) is 3.48. The fourth-order valence-corrected chi connectivity index (χ4v) is 5.52. The summed E-state index contributed by atoms with van der Waals surface area (Å²) in [6.07, 6.45) is 1.49. The van der Waals surface area contributed by atoms with E-state index in [-0.39, 0.29) is 33.8 Å². The molecule has 1 aliphatic heterocycles. The van der Waals surface area contributed by atoms with Crippen molar-refractivity contribution in [1.29, 1.82) is 0 Å². The number of rotatable bonds is 8. The second-order valence-corrected chi connectivity index (χ2v) is 11.5. The Morgan fingerprint density at radius 1 is 1.03 bits per heavy atom. The lowest BCUT2D eigenvalue weighted by atomic mass is 10.1. The molecule has 0 atom stereocenters. The Hall–Kier alpha value is -3.61. The van der Waals surface area contributed by atoms with Crippen molar-refractivity contribution in [3.63, 3.8) is 0 Å². The highest BCUT2D eigenvalue weighted by atomic mass is 79.9. The summed E-state index contributed by atoms with van der Waals surface area (Å²) in [5, 5.41) is 2.16. The molecular weight excluding hydrogens is 596 g/mol. The zero-order valence-corrected chi connectivity index (χ0v) is 23.4. The number of hydrogen-bond donors (Lipinski definition) is 1. The van der Waals surface area contributed by atoms with Crippen LogP contribution < -0.4 is 14.2 Å². The quantitative estimate of drug-likeness (QED) is 0.263. The van der Waals surface area contributed by atoms with Gasteiger partial charge in [0.1, 0.15) is 4.90 Å². The van der Waals surface area contributed by atoms with Crippen LogP contribution in [0.5, 0.6) is 11.5 Å². The van der Waals surface area contributed by atoms with E-state index in [4.69, 9.17) is 8.92 Å². The zero-order chi connectivity index (χ0) is 27.4. The first-order valence-electron chi connectivity index (χ1n) is 11.1. The lowest BCUT2D eigenvalue weighted by Crippen LogP contribution is -2.27. The minimum absolute atomic E-state index is 0.0960. The van der Waals surface area contributed by atoms with Gasteiger partial charge in [0.25, 0.3) is 11.1 Å². The number of hydrogen-bond acceptors (Lipinski definition) is 8.